The molecule has 3 amide bonds. The van der Waals surface area contributed by atoms with E-state index in [9.17, 15) is 18.8 Å². The molecule has 3 heterocycles. The Labute approximate surface area is 253 Å². The van der Waals surface area contributed by atoms with Crippen molar-refractivity contribution in [3.8, 4) is 17.4 Å². The first-order valence-corrected chi connectivity index (χ1v) is 14.4. The number of carbonyl (C=O) groups is 3. The van der Waals surface area contributed by atoms with Crippen molar-refractivity contribution in [2.24, 2.45) is 5.92 Å². The zero-order valence-corrected chi connectivity index (χ0v) is 23.7. The van der Waals surface area contributed by atoms with Crippen molar-refractivity contribution >= 4 is 29.1 Å². The molecule has 1 saturated carbocycles. The van der Waals surface area contributed by atoms with Gasteiger partial charge in [-0.2, -0.15) is 0 Å². The molecule has 2 fully saturated rings. The molecule has 1 aliphatic carbocycles. The number of piperidine rings is 1. The summed E-state index contributed by atoms with van der Waals surface area (Å²) in [6, 6.07) is 19.3. The number of anilines is 2. The highest BCUT2D eigenvalue weighted by atomic mass is 19.1. The zero-order chi connectivity index (χ0) is 30.5. The predicted molar refractivity (Wildman–Crippen MR) is 160 cm³/mol. The number of nitrogens with one attached hydrogen (secondary N) is 2. The number of amides is 3. The van der Waals surface area contributed by atoms with Crippen LogP contribution >= 0.6 is 0 Å². The van der Waals surface area contributed by atoms with Gasteiger partial charge in [-0.1, -0.05) is 6.07 Å². The molecule has 224 valence electrons. The van der Waals surface area contributed by atoms with Crippen molar-refractivity contribution in [1.82, 2.24) is 14.9 Å². The maximum Gasteiger partial charge on any atom is 0.272 e. The van der Waals surface area contributed by atoms with Crippen molar-refractivity contribution in [3.05, 3.63) is 102 Å². The van der Waals surface area contributed by atoms with Crippen LogP contribution in [0.3, 0.4) is 0 Å². The monoisotopic (exact) mass is 595 g/mol. The lowest BCUT2D eigenvalue weighted by molar-refractivity contribution is -0.117. The Morgan fingerprint density at radius 2 is 1.59 bits per heavy atom. The molecule has 1 saturated heterocycles. The van der Waals surface area contributed by atoms with Gasteiger partial charge in [0.2, 0.25) is 11.8 Å². The molecule has 2 aromatic carbocycles. The van der Waals surface area contributed by atoms with Gasteiger partial charge < -0.3 is 25.0 Å². The largest absolute Gasteiger partial charge is 0.490 e. The van der Waals surface area contributed by atoms with Crippen LogP contribution in [0.4, 0.5) is 15.8 Å². The Morgan fingerprint density at radius 3 is 2.27 bits per heavy atom. The number of nitrogens with zero attached hydrogens (tertiary/aromatic N) is 3. The molecule has 6 rings (SSSR count). The van der Waals surface area contributed by atoms with E-state index in [4.69, 9.17) is 9.47 Å². The second-order valence-corrected chi connectivity index (χ2v) is 10.7. The standard InChI is InChI=1S/C33H30FN5O5/c34-23-7-10-26(11-8-23)44-30-13-9-25(20-36-30)38-32(41)22-6-12-29(35-19-22)33(42)39-16-14-27(15-17-39)43-28-3-1-2-24(18-28)37-31(40)21-4-5-21/h1-3,6-13,18-21,27H,4-5,14-17H2,(H,37,40)(H,38,41). The normalized spacial score (nSPS) is 14.9. The second-order valence-electron chi connectivity index (χ2n) is 10.7. The third-order valence-electron chi connectivity index (χ3n) is 7.36. The van der Waals surface area contributed by atoms with Gasteiger partial charge in [0.1, 0.15) is 29.1 Å². The molecule has 2 aliphatic rings. The smallest absolute Gasteiger partial charge is 0.272 e. The van der Waals surface area contributed by atoms with E-state index in [1.165, 1.54) is 36.7 Å². The van der Waals surface area contributed by atoms with Crippen LogP contribution < -0.4 is 20.1 Å². The van der Waals surface area contributed by atoms with Gasteiger partial charge in [-0.25, -0.2) is 9.37 Å². The molecule has 0 spiro atoms. The van der Waals surface area contributed by atoms with Crippen molar-refractivity contribution < 1.29 is 28.2 Å². The van der Waals surface area contributed by atoms with Crippen LogP contribution in [0.15, 0.2) is 85.2 Å². The molecular weight excluding hydrogens is 565 g/mol. The van der Waals surface area contributed by atoms with Gasteiger partial charge in [0.25, 0.3) is 11.8 Å². The minimum absolute atomic E-state index is 0.0505. The van der Waals surface area contributed by atoms with Crippen molar-refractivity contribution in [2.75, 3.05) is 23.7 Å². The molecule has 2 aromatic heterocycles. The van der Waals surface area contributed by atoms with E-state index in [0.717, 1.165) is 18.5 Å². The number of hydrogen-bond acceptors (Lipinski definition) is 7. The summed E-state index contributed by atoms with van der Waals surface area (Å²) < 4.78 is 24.8. The summed E-state index contributed by atoms with van der Waals surface area (Å²) in [7, 11) is 0. The topological polar surface area (TPSA) is 123 Å². The lowest BCUT2D eigenvalue weighted by Crippen LogP contribution is -2.42. The van der Waals surface area contributed by atoms with Gasteiger partial charge in [-0.3, -0.25) is 19.4 Å². The van der Waals surface area contributed by atoms with Crippen molar-refractivity contribution in [2.45, 2.75) is 31.8 Å². The van der Waals surface area contributed by atoms with E-state index in [0.29, 0.717) is 43.1 Å². The maximum atomic E-state index is 13.1. The van der Waals surface area contributed by atoms with Crippen LogP contribution in [0.5, 0.6) is 17.4 Å². The molecule has 0 unspecified atom stereocenters. The molecular formula is C33H30FN5O5. The van der Waals surface area contributed by atoms with Gasteiger partial charge in [0.15, 0.2) is 0 Å². The molecule has 2 N–H and O–H groups in total. The lowest BCUT2D eigenvalue weighted by Gasteiger charge is -2.32. The minimum atomic E-state index is -0.403. The van der Waals surface area contributed by atoms with Gasteiger partial charge in [0.05, 0.1) is 17.4 Å². The minimum Gasteiger partial charge on any atom is -0.490 e. The van der Waals surface area contributed by atoms with E-state index in [1.807, 2.05) is 24.3 Å². The van der Waals surface area contributed by atoms with Crippen LogP contribution in [0.25, 0.3) is 0 Å². The first-order valence-electron chi connectivity index (χ1n) is 14.4. The predicted octanol–water partition coefficient (Wildman–Crippen LogP) is 5.69. The summed E-state index contributed by atoms with van der Waals surface area (Å²) in [6.45, 7) is 1.03. The summed E-state index contributed by atoms with van der Waals surface area (Å²) in [5, 5.41) is 5.67. The first kappa shape index (κ1) is 28.8. The highest BCUT2D eigenvalue weighted by Crippen LogP contribution is 2.31. The molecule has 0 bridgehead atoms. The van der Waals surface area contributed by atoms with Gasteiger partial charge in [-0.15, -0.1) is 0 Å². The Hall–Kier alpha value is -5.32. The van der Waals surface area contributed by atoms with Crippen molar-refractivity contribution in [1.29, 1.82) is 0 Å². The summed E-state index contributed by atoms with van der Waals surface area (Å²) in [5.41, 5.74) is 1.71. The Kier molecular flexibility index (Phi) is 8.44. The van der Waals surface area contributed by atoms with E-state index in [-0.39, 0.29) is 46.8 Å². The number of pyridine rings is 2. The quantitative estimate of drug-likeness (QED) is 0.255. The molecule has 0 atom stereocenters. The Morgan fingerprint density at radius 1 is 0.795 bits per heavy atom. The van der Waals surface area contributed by atoms with Crippen LogP contribution in [-0.4, -0.2) is 51.8 Å². The number of rotatable bonds is 9. The summed E-state index contributed by atoms with van der Waals surface area (Å²) in [4.78, 5) is 48.0. The lowest BCUT2D eigenvalue weighted by atomic mass is 10.1. The highest BCUT2D eigenvalue weighted by Gasteiger charge is 2.30. The molecule has 11 heteroatoms. The van der Waals surface area contributed by atoms with Gasteiger partial charge in [0, 0.05) is 55.9 Å². The molecule has 44 heavy (non-hydrogen) atoms. The highest BCUT2D eigenvalue weighted by molar-refractivity contribution is 6.04. The van der Waals surface area contributed by atoms with Gasteiger partial charge >= 0.3 is 0 Å². The zero-order valence-electron chi connectivity index (χ0n) is 23.7. The number of carbonyl (C=O) groups excluding carboxylic acids is 3. The molecule has 10 nitrogen and oxygen atoms in total. The SMILES string of the molecule is O=C(Nc1ccc(Oc2ccc(F)cc2)nc1)c1ccc(C(=O)N2CCC(Oc3cccc(NC(=O)C4CC4)c3)CC2)nc1. The van der Waals surface area contributed by atoms with Crippen LogP contribution in [0.1, 0.15) is 46.5 Å². The molecule has 1 aliphatic heterocycles. The maximum absolute atomic E-state index is 13.1. The van der Waals surface area contributed by atoms with Crippen LogP contribution in [0.2, 0.25) is 0 Å². The number of hydrogen-bond donors (Lipinski definition) is 2. The van der Waals surface area contributed by atoms with E-state index in [1.54, 1.807) is 29.2 Å². The fraction of sp³-hybridized carbons (Fsp3) is 0.242. The summed E-state index contributed by atoms with van der Waals surface area (Å²) in [6.07, 6.45) is 5.97. The second kappa shape index (κ2) is 12.9. The Balaban J connectivity index is 0.969. The molecule has 4 aromatic rings. The third-order valence-corrected chi connectivity index (χ3v) is 7.36. The number of ether oxygens (including phenoxy) is 2. The summed E-state index contributed by atoms with van der Waals surface area (Å²) >= 11 is 0. The summed E-state index contributed by atoms with van der Waals surface area (Å²) in [5.74, 6) is 0.614. The fourth-order valence-electron chi connectivity index (χ4n) is 4.76. The number of halogens is 1. The van der Waals surface area contributed by atoms with E-state index in [2.05, 4.69) is 20.6 Å². The van der Waals surface area contributed by atoms with Crippen LogP contribution in [-0.2, 0) is 4.79 Å². The fourth-order valence-corrected chi connectivity index (χ4v) is 4.76. The Bertz CT molecular complexity index is 1630. The number of benzene rings is 2. The third kappa shape index (κ3) is 7.35. The molecule has 0 radical (unpaired) electrons. The van der Waals surface area contributed by atoms with Crippen LogP contribution in [0, 0.1) is 11.7 Å². The number of aromatic nitrogens is 2. The average molecular weight is 596 g/mol. The van der Waals surface area contributed by atoms with Gasteiger partial charge in [-0.05, 0) is 67.4 Å². The van der Waals surface area contributed by atoms with E-state index < -0.39 is 5.91 Å². The number of likely N-dealkylation sites (tertiary alicyclic amines) is 1. The first-order chi connectivity index (χ1) is 21.4. The van der Waals surface area contributed by atoms with Crippen molar-refractivity contribution in [3.63, 3.8) is 0 Å². The average Bonchev–Trinajstić information content (AvgIpc) is 3.90. The van der Waals surface area contributed by atoms with E-state index >= 15 is 0 Å².